The SMILES string of the molecule is Cc1cc(-c2ccccc2)cc(-n2c3ccccc3c3cc(-c4cccc5c6ccccc6n(-c6ccc(-c7ccccc7)cc6)c45)ccc32)c1. The lowest BCUT2D eigenvalue weighted by Gasteiger charge is -2.14. The third kappa shape index (κ3) is 4.80. The number of hydrogen-bond acceptors (Lipinski definition) is 0. The molecule has 2 heteroatoms. The summed E-state index contributed by atoms with van der Waals surface area (Å²) in [5.41, 5.74) is 15.7. The lowest BCUT2D eigenvalue weighted by Crippen LogP contribution is -1.96. The Morgan fingerprint density at radius 3 is 1.59 bits per heavy atom. The molecule has 240 valence electrons. The van der Waals surface area contributed by atoms with Crippen molar-refractivity contribution in [3.05, 3.63) is 194 Å². The zero-order chi connectivity index (χ0) is 33.9. The first kappa shape index (κ1) is 29.3. The van der Waals surface area contributed by atoms with E-state index >= 15 is 0 Å². The third-order valence-corrected chi connectivity index (χ3v) is 10.3. The molecule has 2 aromatic heterocycles. The number of rotatable bonds is 5. The fourth-order valence-corrected chi connectivity index (χ4v) is 8.06. The molecule has 10 rings (SSSR count). The van der Waals surface area contributed by atoms with E-state index in [4.69, 9.17) is 0 Å². The third-order valence-electron chi connectivity index (χ3n) is 10.3. The molecule has 0 radical (unpaired) electrons. The molecule has 0 spiro atoms. The van der Waals surface area contributed by atoms with Gasteiger partial charge in [-0.3, -0.25) is 0 Å². The Kier molecular flexibility index (Phi) is 6.75. The highest BCUT2D eigenvalue weighted by Gasteiger charge is 2.19. The standard InChI is InChI=1S/C49H34N2/c1-33-29-38(35-15-6-3-7-16-35)31-40(30-33)50-46-21-10-9-18-43(46)45-32-37(25-28-48(45)50)41-19-12-20-44-42-17-8-11-22-47(42)51(49(41)44)39-26-23-36(24-27-39)34-13-4-2-5-14-34/h2-32H,1H3. The zero-order valence-electron chi connectivity index (χ0n) is 28.3. The molecule has 0 N–H and O–H groups in total. The zero-order valence-corrected chi connectivity index (χ0v) is 28.3. The number of aryl methyl sites for hydroxylation is 1. The van der Waals surface area contributed by atoms with E-state index in [-0.39, 0.29) is 0 Å². The van der Waals surface area contributed by atoms with E-state index < -0.39 is 0 Å². The van der Waals surface area contributed by atoms with Gasteiger partial charge in [0, 0.05) is 38.5 Å². The molecule has 0 atom stereocenters. The van der Waals surface area contributed by atoms with Crippen LogP contribution in [0, 0.1) is 6.92 Å². The number of benzene rings is 8. The van der Waals surface area contributed by atoms with Gasteiger partial charge in [0.15, 0.2) is 0 Å². The van der Waals surface area contributed by atoms with E-state index in [9.17, 15) is 0 Å². The van der Waals surface area contributed by atoms with Gasteiger partial charge in [-0.15, -0.1) is 0 Å². The minimum Gasteiger partial charge on any atom is -0.309 e. The molecule has 0 aliphatic heterocycles. The summed E-state index contributed by atoms with van der Waals surface area (Å²) in [6.45, 7) is 2.19. The quantitative estimate of drug-likeness (QED) is 0.175. The van der Waals surface area contributed by atoms with Gasteiger partial charge in [-0.1, -0.05) is 140 Å². The molecule has 2 nitrogen and oxygen atoms in total. The molecule has 0 unspecified atom stereocenters. The topological polar surface area (TPSA) is 9.86 Å². The normalized spacial score (nSPS) is 11.6. The second kappa shape index (κ2) is 11.8. The average Bonchev–Trinajstić information content (AvgIpc) is 3.71. The van der Waals surface area contributed by atoms with E-state index in [1.165, 1.54) is 88.2 Å². The fraction of sp³-hybridized carbons (Fsp3) is 0.0204. The van der Waals surface area contributed by atoms with Gasteiger partial charge in [0.2, 0.25) is 0 Å². The second-order valence-electron chi connectivity index (χ2n) is 13.5. The first-order valence-electron chi connectivity index (χ1n) is 17.6. The molecule has 0 fully saturated rings. The lowest BCUT2D eigenvalue weighted by molar-refractivity contribution is 1.17. The molecular weight excluding hydrogens is 617 g/mol. The van der Waals surface area contributed by atoms with Crippen LogP contribution in [-0.4, -0.2) is 9.13 Å². The first-order chi connectivity index (χ1) is 25.2. The number of fused-ring (bicyclic) bond motifs is 6. The minimum absolute atomic E-state index is 1.15. The highest BCUT2D eigenvalue weighted by molar-refractivity contribution is 6.15. The molecule has 0 aliphatic carbocycles. The van der Waals surface area contributed by atoms with Crippen molar-refractivity contribution < 1.29 is 0 Å². The Morgan fingerprint density at radius 2 is 0.863 bits per heavy atom. The Bertz CT molecular complexity index is 2890. The molecule has 51 heavy (non-hydrogen) atoms. The molecule has 0 saturated carbocycles. The summed E-state index contributed by atoms with van der Waals surface area (Å²) < 4.78 is 4.87. The summed E-state index contributed by atoms with van der Waals surface area (Å²) in [5, 5.41) is 5.01. The molecule has 0 saturated heterocycles. The summed E-state index contributed by atoms with van der Waals surface area (Å²) in [6, 6.07) is 68.5. The molecule has 2 heterocycles. The van der Waals surface area contributed by atoms with Gasteiger partial charge >= 0.3 is 0 Å². The predicted octanol–water partition coefficient (Wildman–Crippen LogP) is 13.2. The largest absolute Gasteiger partial charge is 0.309 e. The van der Waals surface area contributed by atoms with Crippen molar-refractivity contribution in [2.75, 3.05) is 0 Å². The van der Waals surface area contributed by atoms with Gasteiger partial charge in [0.25, 0.3) is 0 Å². The van der Waals surface area contributed by atoms with Gasteiger partial charge in [-0.2, -0.15) is 0 Å². The molecule has 0 aliphatic rings. The van der Waals surface area contributed by atoms with Gasteiger partial charge in [-0.05, 0) is 88.8 Å². The van der Waals surface area contributed by atoms with Crippen molar-refractivity contribution in [3.63, 3.8) is 0 Å². The van der Waals surface area contributed by atoms with Crippen LogP contribution >= 0.6 is 0 Å². The summed E-state index contributed by atoms with van der Waals surface area (Å²) >= 11 is 0. The Morgan fingerprint density at radius 1 is 0.314 bits per heavy atom. The monoisotopic (exact) mass is 650 g/mol. The molecular formula is C49H34N2. The average molecular weight is 651 g/mol. The van der Waals surface area contributed by atoms with Crippen LogP contribution < -0.4 is 0 Å². The molecule has 10 aromatic rings. The van der Waals surface area contributed by atoms with Gasteiger partial charge in [0.05, 0.1) is 22.1 Å². The second-order valence-corrected chi connectivity index (χ2v) is 13.5. The molecule has 0 amide bonds. The van der Waals surface area contributed by atoms with Crippen LogP contribution in [0.3, 0.4) is 0 Å². The molecule has 8 aromatic carbocycles. The van der Waals surface area contributed by atoms with Gasteiger partial charge in [0.1, 0.15) is 0 Å². The number of nitrogens with zero attached hydrogens (tertiary/aromatic N) is 2. The van der Waals surface area contributed by atoms with Crippen LogP contribution in [0.15, 0.2) is 188 Å². The first-order valence-corrected chi connectivity index (χ1v) is 17.6. The lowest BCUT2D eigenvalue weighted by atomic mass is 9.99. The highest BCUT2D eigenvalue weighted by atomic mass is 15.0. The molecule has 0 bridgehead atoms. The maximum atomic E-state index is 2.44. The van der Waals surface area contributed by atoms with Gasteiger partial charge in [-0.25, -0.2) is 0 Å². The highest BCUT2D eigenvalue weighted by Crippen LogP contribution is 2.41. The van der Waals surface area contributed by atoms with Crippen molar-refractivity contribution in [3.8, 4) is 44.8 Å². The summed E-state index contributed by atoms with van der Waals surface area (Å²) in [5.74, 6) is 0. The maximum Gasteiger partial charge on any atom is 0.0619 e. The summed E-state index contributed by atoms with van der Waals surface area (Å²) in [4.78, 5) is 0. The number of hydrogen-bond donors (Lipinski definition) is 0. The van der Waals surface area contributed by atoms with E-state index in [1.807, 2.05) is 0 Å². The van der Waals surface area contributed by atoms with E-state index in [1.54, 1.807) is 0 Å². The van der Waals surface area contributed by atoms with Crippen LogP contribution in [0.1, 0.15) is 5.56 Å². The fourth-order valence-electron chi connectivity index (χ4n) is 8.06. The minimum atomic E-state index is 1.15. The van der Waals surface area contributed by atoms with E-state index in [2.05, 4.69) is 204 Å². The summed E-state index contributed by atoms with van der Waals surface area (Å²) in [6.07, 6.45) is 0. The van der Waals surface area contributed by atoms with Crippen molar-refractivity contribution in [2.45, 2.75) is 6.92 Å². The van der Waals surface area contributed by atoms with Crippen molar-refractivity contribution in [1.29, 1.82) is 0 Å². The van der Waals surface area contributed by atoms with Crippen LogP contribution in [0.25, 0.3) is 88.4 Å². The van der Waals surface area contributed by atoms with Crippen molar-refractivity contribution in [1.82, 2.24) is 9.13 Å². The summed E-state index contributed by atoms with van der Waals surface area (Å²) in [7, 11) is 0. The van der Waals surface area contributed by atoms with Crippen LogP contribution in [0.5, 0.6) is 0 Å². The van der Waals surface area contributed by atoms with E-state index in [0.29, 0.717) is 0 Å². The smallest absolute Gasteiger partial charge is 0.0619 e. The van der Waals surface area contributed by atoms with Crippen molar-refractivity contribution >= 4 is 43.6 Å². The predicted molar refractivity (Wildman–Crippen MR) is 216 cm³/mol. The number of para-hydroxylation sites is 3. The van der Waals surface area contributed by atoms with Crippen LogP contribution in [0.2, 0.25) is 0 Å². The van der Waals surface area contributed by atoms with Crippen LogP contribution in [0.4, 0.5) is 0 Å². The number of aromatic nitrogens is 2. The van der Waals surface area contributed by atoms with Gasteiger partial charge < -0.3 is 9.13 Å². The van der Waals surface area contributed by atoms with Crippen LogP contribution in [-0.2, 0) is 0 Å². The Balaban J connectivity index is 1.18. The Hall–Kier alpha value is -6.64. The maximum absolute atomic E-state index is 2.44. The van der Waals surface area contributed by atoms with E-state index in [0.717, 1.165) is 5.69 Å². The van der Waals surface area contributed by atoms with Crippen molar-refractivity contribution in [2.24, 2.45) is 0 Å². The Labute approximate surface area is 297 Å².